The predicted molar refractivity (Wildman–Crippen MR) is 73.6 cm³/mol. The fourth-order valence-electron chi connectivity index (χ4n) is 1.20. The first kappa shape index (κ1) is 18.8. The monoisotopic (exact) mass is 278 g/mol. The van der Waals surface area contributed by atoms with E-state index in [1.54, 1.807) is 0 Å². The van der Waals surface area contributed by atoms with Gasteiger partial charge in [0.15, 0.2) is 0 Å². The lowest BCUT2D eigenvalue weighted by molar-refractivity contribution is -0.398. The lowest BCUT2D eigenvalue weighted by Crippen LogP contribution is -2.32. The minimum Gasteiger partial charge on any atom is -0.330 e. The molecule has 0 radical (unpaired) electrons. The molecule has 0 aliphatic rings. The van der Waals surface area contributed by atoms with Gasteiger partial charge in [-0.15, -0.1) is 0 Å². The van der Waals surface area contributed by atoms with Crippen LogP contribution in [0.4, 0.5) is 0 Å². The predicted octanol–water partition coefficient (Wildman–Crippen LogP) is 3.28. The molecule has 0 aromatic heterocycles. The summed E-state index contributed by atoms with van der Waals surface area (Å²) in [6.45, 7) is 9.05. The van der Waals surface area contributed by atoms with E-state index in [-0.39, 0.29) is 0 Å². The zero-order valence-electron chi connectivity index (χ0n) is 12.9. The van der Waals surface area contributed by atoms with Gasteiger partial charge in [-0.05, 0) is 25.7 Å². The van der Waals surface area contributed by atoms with Crippen molar-refractivity contribution in [2.24, 2.45) is 0 Å². The van der Waals surface area contributed by atoms with E-state index in [4.69, 9.17) is 23.7 Å². The first-order valence-electron chi connectivity index (χ1n) is 7.40. The number of hydrogen-bond donors (Lipinski definition) is 0. The summed E-state index contributed by atoms with van der Waals surface area (Å²) in [4.78, 5) is 0. The molecule has 5 nitrogen and oxygen atoms in total. The fourth-order valence-corrected chi connectivity index (χ4v) is 1.20. The Hall–Kier alpha value is -0.200. The van der Waals surface area contributed by atoms with Gasteiger partial charge in [0.2, 0.25) is 0 Å². The Labute approximate surface area is 117 Å². The van der Waals surface area contributed by atoms with Crippen molar-refractivity contribution in [3.05, 3.63) is 0 Å². The van der Waals surface area contributed by atoms with E-state index in [1.165, 1.54) is 0 Å². The molecular weight excluding hydrogens is 248 g/mol. The second-order valence-corrected chi connectivity index (χ2v) is 4.20. The molecule has 116 valence electrons. The van der Waals surface area contributed by atoms with Crippen molar-refractivity contribution in [2.45, 2.75) is 66.3 Å². The summed E-state index contributed by atoms with van der Waals surface area (Å²) in [6, 6.07) is 0. The van der Waals surface area contributed by atoms with Crippen molar-refractivity contribution in [1.29, 1.82) is 0 Å². The van der Waals surface area contributed by atoms with E-state index in [0.717, 1.165) is 25.7 Å². The average molecular weight is 278 g/mol. The molecule has 0 atom stereocenters. The largest absolute Gasteiger partial charge is 0.330 e. The van der Waals surface area contributed by atoms with Crippen LogP contribution in [-0.2, 0) is 23.7 Å². The van der Waals surface area contributed by atoms with E-state index in [2.05, 4.69) is 0 Å². The van der Waals surface area contributed by atoms with Gasteiger partial charge in [-0.25, -0.2) is 0 Å². The van der Waals surface area contributed by atoms with E-state index in [1.807, 2.05) is 27.7 Å². The highest BCUT2D eigenvalue weighted by Crippen LogP contribution is 2.08. The summed E-state index contributed by atoms with van der Waals surface area (Å²) < 4.78 is 27.5. The highest BCUT2D eigenvalue weighted by atomic mass is 16.9. The van der Waals surface area contributed by atoms with E-state index in [9.17, 15) is 0 Å². The highest BCUT2D eigenvalue weighted by Gasteiger charge is 2.18. The third-order valence-electron chi connectivity index (χ3n) is 2.05. The molecule has 0 aromatic rings. The van der Waals surface area contributed by atoms with Crippen molar-refractivity contribution >= 4 is 0 Å². The zero-order chi connectivity index (χ0) is 14.3. The van der Waals surface area contributed by atoms with Crippen molar-refractivity contribution in [3.8, 4) is 0 Å². The third kappa shape index (κ3) is 11.3. The molecule has 0 heterocycles. The Bertz CT molecular complexity index is 143. The minimum atomic E-state index is -0.724. The minimum absolute atomic E-state index is 0.586. The third-order valence-corrected chi connectivity index (χ3v) is 2.05. The van der Waals surface area contributed by atoms with Gasteiger partial charge in [0.1, 0.15) is 0 Å². The van der Waals surface area contributed by atoms with Gasteiger partial charge in [0.25, 0.3) is 13.0 Å². The van der Waals surface area contributed by atoms with Crippen LogP contribution in [-0.4, -0.2) is 39.4 Å². The Kier molecular flexibility index (Phi) is 14.1. The van der Waals surface area contributed by atoms with Crippen molar-refractivity contribution < 1.29 is 23.7 Å². The Balaban J connectivity index is 4.16. The smallest absolute Gasteiger partial charge is 0.275 e. The van der Waals surface area contributed by atoms with Crippen molar-refractivity contribution in [2.75, 3.05) is 26.4 Å². The number of hydrogen-bond acceptors (Lipinski definition) is 5. The molecular formula is C14H30O5. The molecule has 0 N–H and O–H groups in total. The lowest BCUT2D eigenvalue weighted by Gasteiger charge is -2.24. The van der Waals surface area contributed by atoms with Crippen LogP contribution in [0, 0.1) is 0 Å². The first-order chi connectivity index (χ1) is 9.28. The molecule has 0 aromatic carbocycles. The van der Waals surface area contributed by atoms with Crippen LogP contribution < -0.4 is 0 Å². The average Bonchev–Trinajstić information content (AvgIpc) is 2.44. The quantitative estimate of drug-likeness (QED) is 0.456. The van der Waals surface area contributed by atoms with E-state index in [0.29, 0.717) is 26.4 Å². The van der Waals surface area contributed by atoms with Gasteiger partial charge >= 0.3 is 0 Å². The van der Waals surface area contributed by atoms with Gasteiger partial charge in [0.05, 0.1) is 26.4 Å². The molecule has 0 bridgehead atoms. The molecule has 5 heteroatoms. The van der Waals surface area contributed by atoms with Gasteiger partial charge < -0.3 is 18.9 Å². The summed E-state index contributed by atoms with van der Waals surface area (Å²) in [5.74, 6) is 0. The van der Waals surface area contributed by atoms with E-state index >= 15 is 0 Å². The Morgan fingerprint density at radius 1 is 0.526 bits per heavy atom. The molecule has 0 saturated carbocycles. The summed E-state index contributed by atoms with van der Waals surface area (Å²) in [6.07, 6.45) is 3.63. The maximum atomic E-state index is 5.57. The SMILES string of the molecule is CCCOC(OCCC)OC(OCCC)OCCC. The highest BCUT2D eigenvalue weighted by molar-refractivity contribution is 4.35. The molecule has 0 aliphatic heterocycles. The standard InChI is InChI=1S/C14H30O5/c1-5-9-15-13(16-10-6-2)19-14(17-11-7-3)18-12-8-4/h13-14H,5-12H2,1-4H3. The molecule has 0 saturated heterocycles. The fraction of sp³-hybridized carbons (Fsp3) is 1.00. The van der Waals surface area contributed by atoms with Crippen LogP contribution in [0.1, 0.15) is 53.4 Å². The molecule has 0 fully saturated rings. The maximum Gasteiger partial charge on any atom is 0.275 e. The second kappa shape index (κ2) is 14.2. The van der Waals surface area contributed by atoms with Crippen LogP contribution in [0.15, 0.2) is 0 Å². The first-order valence-corrected chi connectivity index (χ1v) is 7.40. The zero-order valence-corrected chi connectivity index (χ0v) is 12.9. The van der Waals surface area contributed by atoms with Crippen molar-refractivity contribution in [3.63, 3.8) is 0 Å². The molecule has 0 unspecified atom stereocenters. The number of rotatable bonds is 14. The second-order valence-electron chi connectivity index (χ2n) is 4.20. The normalized spacial score (nSPS) is 11.7. The Morgan fingerprint density at radius 3 is 1.00 bits per heavy atom. The summed E-state index contributed by atoms with van der Waals surface area (Å²) >= 11 is 0. The topological polar surface area (TPSA) is 46.2 Å². The van der Waals surface area contributed by atoms with Crippen LogP contribution in [0.25, 0.3) is 0 Å². The number of ether oxygens (including phenoxy) is 5. The Morgan fingerprint density at radius 2 is 0.789 bits per heavy atom. The van der Waals surface area contributed by atoms with Crippen LogP contribution >= 0.6 is 0 Å². The maximum absolute atomic E-state index is 5.57. The van der Waals surface area contributed by atoms with Crippen LogP contribution in [0.2, 0.25) is 0 Å². The van der Waals surface area contributed by atoms with Crippen LogP contribution in [0.3, 0.4) is 0 Å². The van der Waals surface area contributed by atoms with Gasteiger partial charge in [-0.3, -0.25) is 4.74 Å². The van der Waals surface area contributed by atoms with Gasteiger partial charge in [0, 0.05) is 0 Å². The summed E-state index contributed by atoms with van der Waals surface area (Å²) in [5, 5.41) is 0. The van der Waals surface area contributed by atoms with Crippen LogP contribution in [0.5, 0.6) is 0 Å². The molecule has 0 spiro atoms. The molecule has 0 aliphatic carbocycles. The molecule has 0 amide bonds. The molecule has 19 heavy (non-hydrogen) atoms. The summed E-state index contributed by atoms with van der Waals surface area (Å²) in [5.41, 5.74) is 0. The van der Waals surface area contributed by atoms with Gasteiger partial charge in [-0.2, -0.15) is 0 Å². The van der Waals surface area contributed by atoms with Crippen molar-refractivity contribution in [1.82, 2.24) is 0 Å². The van der Waals surface area contributed by atoms with E-state index < -0.39 is 13.0 Å². The molecule has 0 rings (SSSR count). The summed E-state index contributed by atoms with van der Waals surface area (Å²) in [7, 11) is 0. The van der Waals surface area contributed by atoms with Gasteiger partial charge in [-0.1, -0.05) is 27.7 Å². The lowest BCUT2D eigenvalue weighted by atomic mass is 10.5.